The van der Waals surface area contributed by atoms with Gasteiger partial charge in [0.1, 0.15) is 12.1 Å². The molecule has 80 valence electrons. The van der Waals surface area contributed by atoms with E-state index in [1.807, 2.05) is 13.8 Å². The van der Waals surface area contributed by atoms with Gasteiger partial charge in [-0.25, -0.2) is 4.39 Å². The third-order valence-electron chi connectivity index (χ3n) is 2.08. The number of carbonyl (C=O) groups excluding carboxylic acids is 1. The third-order valence-corrected chi connectivity index (χ3v) is 2.58. The van der Waals surface area contributed by atoms with Gasteiger partial charge < -0.3 is 0 Å². The average molecular weight is 271 g/mol. The van der Waals surface area contributed by atoms with Crippen LogP contribution in [0.5, 0.6) is 0 Å². The van der Waals surface area contributed by atoms with E-state index in [4.69, 9.17) is 0 Å². The van der Waals surface area contributed by atoms with Gasteiger partial charge in [-0.15, -0.1) is 0 Å². The molecule has 0 aromatic heterocycles. The molecule has 0 unspecified atom stereocenters. The van der Waals surface area contributed by atoms with Gasteiger partial charge in [0.2, 0.25) is 0 Å². The number of hydrogen-bond donors (Lipinski definition) is 0. The van der Waals surface area contributed by atoms with Crippen LogP contribution in [0.3, 0.4) is 0 Å². The Hall–Kier alpha value is -0.960. The molecule has 0 aliphatic heterocycles. The lowest BCUT2D eigenvalue weighted by atomic mass is 10.0. The maximum Gasteiger partial charge on any atom is 0.146 e. The second kappa shape index (κ2) is 5.21. The molecule has 0 saturated heterocycles. The van der Waals surface area contributed by atoms with Crippen molar-refractivity contribution in [2.45, 2.75) is 13.8 Å². The average Bonchev–Trinajstić information content (AvgIpc) is 2.18. The van der Waals surface area contributed by atoms with Crippen LogP contribution < -0.4 is 0 Å². The number of hydrogen-bond acceptors (Lipinski definition) is 1. The smallest absolute Gasteiger partial charge is 0.146 e. The molecule has 1 rings (SSSR count). The summed E-state index contributed by atoms with van der Waals surface area (Å²) in [6.45, 7) is 3.80. The first-order valence-electron chi connectivity index (χ1n) is 4.66. The molecule has 1 nitrogen and oxygen atoms in total. The largest absolute Gasteiger partial charge is 0.298 e. The first-order valence-corrected chi connectivity index (χ1v) is 5.45. The monoisotopic (exact) mass is 270 g/mol. The van der Waals surface area contributed by atoms with Gasteiger partial charge >= 0.3 is 0 Å². The van der Waals surface area contributed by atoms with Crippen molar-refractivity contribution in [3.63, 3.8) is 0 Å². The van der Waals surface area contributed by atoms with Crippen LogP contribution in [0.25, 0.3) is 6.08 Å². The van der Waals surface area contributed by atoms with Crippen molar-refractivity contribution in [3.05, 3.63) is 39.6 Å². The molecule has 0 spiro atoms. The van der Waals surface area contributed by atoms with E-state index in [0.717, 1.165) is 10.8 Å². The number of carbonyl (C=O) groups is 1. The SMILES string of the molecule is CC(C)C(C=O)=Cc1cc(Br)ccc1F. The van der Waals surface area contributed by atoms with E-state index in [1.165, 1.54) is 6.07 Å². The summed E-state index contributed by atoms with van der Waals surface area (Å²) in [6.07, 6.45) is 2.35. The Morgan fingerprint density at radius 1 is 1.47 bits per heavy atom. The summed E-state index contributed by atoms with van der Waals surface area (Å²) >= 11 is 3.26. The minimum absolute atomic E-state index is 0.0980. The Bertz CT molecular complexity index is 397. The molecule has 0 bridgehead atoms. The quantitative estimate of drug-likeness (QED) is 0.603. The zero-order chi connectivity index (χ0) is 11.4. The molecule has 1 aromatic rings. The van der Waals surface area contributed by atoms with Crippen LogP contribution in [-0.4, -0.2) is 6.29 Å². The predicted molar refractivity (Wildman–Crippen MR) is 63.0 cm³/mol. The molecular formula is C12H12BrFO. The molecule has 0 radical (unpaired) electrons. The first-order chi connectivity index (χ1) is 7.04. The van der Waals surface area contributed by atoms with E-state index < -0.39 is 0 Å². The van der Waals surface area contributed by atoms with Crippen molar-refractivity contribution in [2.24, 2.45) is 5.92 Å². The molecule has 0 aliphatic carbocycles. The topological polar surface area (TPSA) is 17.1 Å². The highest BCUT2D eigenvalue weighted by Crippen LogP contribution is 2.19. The summed E-state index contributed by atoms with van der Waals surface area (Å²) in [5, 5.41) is 0. The Morgan fingerprint density at radius 3 is 2.67 bits per heavy atom. The fourth-order valence-electron chi connectivity index (χ4n) is 1.14. The third kappa shape index (κ3) is 3.27. The number of rotatable bonds is 3. The summed E-state index contributed by atoms with van der Waals surface area (Å²) in [4.78, 5) is 10.7. The number of allylic oxidation sites excluding steroid dienone is 1. The van der Waals surface area contributed by atoms with Crippen molar-refractivity contribution in [1.82, 2.24) is 0 Å². The van der Waals surface area contributed by atoms with Crippen molar-refractivity contribution < 1.29 is 9.18 Å². The molecule has 0 N–H and O–H groups in total. The van der Waals surface area contributed by atoms with Gasteiger partial charge in [0.25, 0.3) is 0 Å². The first kappa shape index (κ1) is 12.1. The highest BCUT2D eigenvalue weighted by Gasteiger charge is 2.05. The van der Waals surface area contributed by atoms with Gasteiger partial charge in [-0.2, -0.15) is 0 Å². The summed E-state index contributed by atoms with van der Waals surface area (Å²) in [6, 6.07) is 4.66. The lowest BCUT2D eigenvalue weighted by Gasteiger charge is -2.04. The zero-order valence-corrected chi connectivity index (χ0v) is 10.2. The van der Waals surface area contributed by atoms with Crippen LogP contribution in [0.15, 0.2) is 28.2 Å². The summed E-state index contributed by atoms with van der Waals surface area (Å²) in [7, 11) is 0. The molecule has 0 amide bonds. The number of aldehydes is 1. The van der Waals surface area contributed by atoms with Gasteiger partial charge in [0, 0.05) is 10.0 Å². The molecular weight excluding hydrogens is 259 g/mol. The Morgan fingerprint density at radius 2 is 2.13 bits per heavy atom. The van der Waals surface area contributed by atoms with Gasteiger partial charge in [-0.1, -0.05) is 29.8 Å². The van der Waals surface area contributed by atoms with Crippen LogP contribution in [0.2, 0.25) is 0 Å². The highest BCUT2D eigenvalue weighted by molar-refractivity contribution is 9.10. The fraction of sp³-hybridized carbons (Fsp3) is 0.250. The molecule has 0 atom stereocenters. The number of benzene rings is 1. The van der Waals surface area contributed by atoms with E-state index in [0.29, 0.717) is 11.1 Å². The fourth-order valence-corrected chi connectivity index (χ4v) is 1.52. The normalized spacial score (nSPS) is 11.9. The molecule has 0 saturated carbocycles. The van der Waals surface area contributed by atoms with Crippen molar-refractivity contribution >= 4 is 28.3 Å². The molecule has 0 heterocycles. The summed E-state index contributed by atoms with van der Waals surface area (Å²) in [5.41, 5.74) is 1.02. The maximum atomic E-state index is 13.3. The minimum atomic E-state index is -0.321. The van der Waals surface area contributed by atoms with Gasteiger partial charge in [0.15, 0.2) is 0 Å². The van der Waals surface area contributed by atoms with E-state index >= 15 is 0 Å². The second-order valence-corrected chi connectivity index (χ2v) is 4.50. The Balaban J connectivity index is 3.16. The van der Waals surface area contributed by atoms with Crippen molar-refractivity contribution in [3.8, 4) is 0 Å². The van der Waals surface area contributed by atoms with Crippen LogP contribution in [0.4, 0.5) is 4.39 Å². The van der Waals surface area contributed by atoms with Crippen molar-refractivity contribution in [1.29, 1.82) is 0 Å². The summed E-state index contributed by atoms with van der Waals surface area (Å²) < 4.78 is 14.1. The second-order valence-electron chi connectivity index (χ2n) is 3.58. The predicted octanol–water partition coefficient (Wildman–Crippen LogP) is 3.83. The van der Waals surface area contributed by atoms with E-state index in [-0.39, 0.29) is 11.7 Å². The Labute approximate surface area is 97.1 Å². The van der Waals surface area contributed by atoms with Crippen LogP contribution in [0, 0.1) is 11.7 Å². The van der Waals surface area contributed by atoms with Crippen LogP contribution in [-0.2, 0) is 4.79 Å². The highest BCUT2D eigenvalue weighted by atomic mass is 79.9. The molecule has 1 aromatic carbocycles. The lowest BCUT2D eigenvalue weighted by molar-refractivity contribution is -0.105. The maximum absolute atomic E-state index is 13.3. The lowest BCUT2D eigenvalue weighted by Crippen LogP contribution is -1.95. The minimum Gasteiger partial charge on any atom is -0.298 e. The zero-order valence-electron chi connectivity index (χ0n) is 8.63. The van der Waals surface area contributed by atoms with Gasteiger partial charge in [-0.3, -0.25) is 4.79 Å². The molecule has 3 heteroatoms. The number of halogens is 2. The molecule has 0 aliphatic rings. The standard InChI is InChI=1S/C12H12BrFO/c1-8(2)10(7-15)5-9-6-11(13)3-4-12(9)14/h3-8H,1-2H3. The molecule has 0 fully saturated rings. The van der Waals surface area contributed by atoms with E-state index in [2.05, 4.69) is 15.9 Å². The van der Waals surface area contributed by atoms with E-state index in [9.17, 15) is 9.18 Å². The van der Waals surface area contributed by atoms with E-state index in [1.54, 1.807) is 18.2 Å². The Kier molecular flexibility index (Phi) is 4.21. The molecule has 15 heavy (non-hydrogen) atoms. The van der Waals surface area contributed by atoms with Crippen molar-refractivity contribution in [2.75, 3.05) is 0 Å². The van der Waals surface area contributed by atoms with Crippen LogP contribution >= 0.6 is 15.9 Å². The van der Waals surface area contributed by atoms with Crippen LogP contribution in [0.1, 0.15) is 19.4 Å². The summed E-state index contributed by atoms with van der Waals surface area (Å²) in [5.74, 6) is -0.223. The van der Waals surface area contributed by atoms with Gasteiger partial charge in [-0.05, 0) is 35.8 Å². The van der Waals surface area contributed by atoms with Gasteiger partial charge in [0.05, 0.1) is 0 Å².